The molecule has 1 aliphatic heterocycles. The van der Waals surface area contributed by atoms with Crippen molar-refractivity contribution in [2.24, 2.45) is 5.92 Å². The molecule has 32 heavy (non-hydrogen) atoms. The number of nitrogens with one attached hydrogen (secondary N) is 1. The third-order valence-corrected chi connectivity index (χ3v) is 6.41. The van der Waals surface area contributed by atoms with Crippen molar-refractivity contribution in [2.45, 2.75) is 32.2 Å². The highest BCUT2D eigenvalue weighted by molar-refractivity contribution is 5.79. The van der Waals surface area contributed by atoms with Crippen LogP contribution in [0.5, 0.6) is 0 Å². The molecule has 1 fully saturated rings. The molecule has 1 aliphatic rings. The van der Waals surface area contributed by atoms with E-state index >= 15 is 0 Å². The number of aryl methyl sites for hydroxylation is 1. The van der Waals surface area contributed by atoms with Gasteiger partial charge >= 0.3 is 0 Å². The number of amides is 1. The average molecular weight is 432 g/mol. The smallest absolute Gasteiger partial charge is 0.222 e. The van der Waals surface area contributed by atoms with Crippen molar-refractivity contribution in [2.75, 3.05) is 13.1 Å². The number of likely N-dealkylation sites (tertiary alicyclic amines) is 1. The second-order valence-electron chi connectivity index (χ2n) is 8.47. The Labute approximate surface area is 186 Å². The van der Waals surface area contributed by atoms with E-state index in [1.165, 1.54) is 6.07 Å². The second kappa shape index (κ2) is 8.94. The fourth-order valence-corrected chi connectivity index (χ4v) is 4.53. The van der Waals surface area contributed by atoms with Crippen molar-refractivity contribution in [3.63, 3.8) is 0 Å². The third kappa shape index (κ3) is 4.28. The molecular weight excluding hydrogens is 405 g/mol. The first-order valence-corrected chi connectivity index (χ1v) is 11.1. The summed E-state index contributed by atoms with van der Waals surface area (Å²) in [5, 5.41) is 6.82. The molecule has 164 valence electrons. The Bertz CT molecular complexity index is 1210. The number of hydrogen-bond acceptors (Lipinski definition) is 3. The third-order valence-electron chi connectivity index (χ3n) is 6.41. The van der Waals surface area contributed by atoms with Crippen LogP contribution in [0.2, 0.25) is 0 Å². The first-order valence-electron chi connectivity index (χ1n) is 11.1. The van der Waals surface area contributed by atoms with E-state index in [1.54, 1.807) is 18.3 Å². The monoisotopic (exact) mass is 431 g/mol. The highest BCUT2D eigenvalue weighted by atomic mass is 19.1. The van der Waals surface area contributed by atoms with Crippen molar-refractivity contribution in [3.05, 3.63) is 72.4 Å². The Morgan fingerprint density at radius 3 is 2.75 bits per heavy atom. The standard InChI is InChI=1S/C25H26FN5O/c26-21-4-2-1-3-19(21)5-8-25(32)30-12-9-18(10-13-30)17-31-14-11-23-24(31)7-6-22(29-23)20-15-27-28-16-20/h1-4,6-7,11,14-16,18H,5,8-10,12-13,17H2,(H,27,28). The van der Waals surface area contributed by atoms with E-state index in [4.69, 9.17) is 4.98 Å². The number of halogens is 1. The van der Waals surface area contributed by atoms with Crippen LogP contribution < -0.4 is 0 Å². The highest BCUT2D eigenvalue weighted by Crippen LogP contribution is 2.25. The zero-order chi connectivity index (χ0) is 21.9. The predicted octanol–water partition coefficient (Wildman–Crippen LogP) is 4.44. The number of hydrogen-bond donors (Lipinski definition) is 1. The van der Waals surface area contributed by atoms with Gasteiger partial charge in [-0.05, 0) is 55.0 Å². The van der Waals surface area contributed by atoms with Crippen molar-refractivity contribution in [3.8, 4) is 11.3 Å². The molecule has 1 saturated heterocycles. The number of benzene rings is 1. The SMILES string of the molecule is O=C(CCc1ccccc1F)N1CCC(Cn2ccc3nc(-c4cn[nH]c4)ccc32)CC1. The lowest BCUT2D eigenvalue weighted by Crippen LogP contribution is -2.39. The second-order valence-corrected chi connectivity index (χ2v) is 8.47. The summed E-state index contributed by atoms with van der Waals surface area (Å²) in [6.45, 7) is 2.46. The normalized spacial score (nSPS) is 14.8. The summed E-state index contributed by atoms with van der Waals surface area (Å²) in [7, 11) is 0. The molecule has 0 radical (unpaired) electrons. The zero-order valence-electron chi connectivity index (χ0n) is 17.9. The maximum atomic E-state index is 13.8. The molecular formula is C25H26FN5O. The van der Waals surface area contributed by atoms with E-state index in [9.17, 15) is 9.18 Å². The molecule has 0 atom stereocenters. The molecule has 0 aliphatic carbocycles. The summed E-state index contributed by atoms with van der Waals surface area (Å²) in [4.78, 5) is 19.3. The van der Waals surface area contributed by atoms with Gasteiger partial charge < -0.3 is 9.47 Å². The molecule has 0 saturated carbocycles. The zero-order valence-corrected chi connectivity index (χ0v) is 17.9. The largest absolute Gasteiger partial charge is 0.346 e. The molecule has 4 aromatic rings. The van der Waals surface area contributed by atoms with Crippen LogP contribution in [0.25, 0.3) is 22.3 Å². The van der Waals surface area contributed by atoms with Crippen LogP contribution in [0.4, 0.5) is 4.39 Å². The number of aromatic amines is 1. The van der Waals surface area contributed by atoms with Crippen LogP contribution in [0, 0.1) is 11.7 Å². The summed E-state index contributed by atoms with van der Waals surface area (Å²) in [6.07, 6.45) is 8.49. The van der Waals surface area contributed by atoms with Crippen LogP contribution in [0.15, 0.2) is 61.1 Å². The maximum Gasteiger partial charge on any atom is 0.222 e. The number of rotatable bonds is 6. The summed E-state index contributed by atoms with van der Waals surface area (Å²) in [6, 6.07) is 12.9. The van der Waals surface area contributed by atoms with E-state index in [2.05, 4.69) is 33.1 Å². The Morgan fingerprint density at radius 2 is 1.97 bits per heavy atom. The number of H-pyrrole nitrogens is 1. The number of carbonyl (C=O) groups is 1. The van der Waals surface area contributed by atoms with Gasteiger partial charge in [-0.3, -0.25) is 9.89 Å². The number of aromatic nitrogens is 4. The molecule has 1 N–H and O–H groups in total. The van der Waals surface area contributed by atoms with Crippen LogP contribution in [0.3, 0.4) is 0 Å². The molecule has 1 amide bonds. The van der Waals surface area contributed by atoms with Gasteiger partial charge in [0.15, 0.2) is 0 Å². The lowest BCUT2D eigenvalue weighted by Gasteiger charge is -2.32. The van der Waals surface area contributed by atoms with Gasteiger partial charge in [0.05, 0.1) is 22.9 Å². The molecule has 0 spiro atoms. The van der Waals surface area contributed by atoms with Gasteiger partial charge in [0.1, 0.15) is 5.82 Å². The van der Waals surface area contributed by atoms with Gasteiger partial charge in [0.2, 0.25) is 5.91 Å². The Balaban J connectivity index is 1.16. The Hall–Kier alpha value is -3.48. The summed E-state index contributed by atoms with van der Waals surface area (Å²) >= 11 is 0. The molecule has 6 nitrogen and oxygen atoms in total. The molecule has 3 aromatic heterocycles. The molecule has 1 aromatic carbocycles. The fraction of sp³-hybridized carbons (Fsp3) is 0.320. The summed E-state index contributed by atoms with van der Waals surface area (Å²) < 4.78 is 16.0. The predicted molar refractivity (Wildman–Crippen MR) is 121 cm³/mol. The molecule has 7 heteroatoms. The van der Waals surface area contributed by atoms with E-state index in [1.807, 2.05) is 23.2 Å². The Kier molecular flexibility index (Phi) is 5.71. The van der Waals surface area contributed by atoms with Crippen LogP contribution in [-0.2, 0) is 17.8 Å². The van der Waals surface area contributed by atoms with Crippen LogP contribution in [0.1, 0.15) is 24.8 Å². The molecule has 0 bridgehead atoms. The van der Waals surface area contributed by atoms with E-state index < -0.39 is 0 Å². The number of pyridine rings is 1. The van der Waals surface area contributed by atoms with Gasteiger partial charge in [-0.2, -0.15) is 5.10 Å². The number of fused-ring (bicyclic) bond motifs is 1. The van der Waals surface area contributed by atoms with Gasteiger partial charge in [-0.15, -0.1) is 0 Å². The van der Waals surface area contributed by atoms with E-state index in [0.29, 0.717) is 24.3 Å². The molecule has 5 rings (SSSR count). The topological polar surface area (TPSA) is 66.8 Å². The first-order chi connectivity index (χ1) is 15.7. The maximum absolute atomic E-state index is 13.8. The number of carbonyl (C=O) groups excluding carboxylic acids is 1. The number of piperidine rings is 1. The average Bonchev–Trinajstić information content (AvgIpc) is 3.49. The van der Waals surface area contributed by atoms with Crippen molar-refractivity contribution < 1.29 is 9.18 Å². The van der Waals surface area contributed by atoms with Crippen molar-refractivity contribution >= 4 is 16.9 Å². The minimum Gasteiger partial charge on any atom is -0.346 e. The quantitative estimate of drug-likeness (QED) is 0.491. The van der Waals surface area contributed by atoms with Crippen LogP contribution in [-0.4, -0.2) is 43.6 Å². The van der Waals surface area contributed by atoms with Gasteiger partial charge in [-0.1, -0.05) is 18.2 Å². The lowest BCUT2D eigenvalue weighted by molar-refractivity contribution is -0.132. The molecule has 0 unspecified atom stereocenters. The lowest BCUT2D eigenvalue weighted by atomic mass is 9.96. The first kappa shape index (κ1) is 20.4. The molecule has 4 heterocycles. The van der Waals surface area contributed by atoms with Crippen molar-refractivity contribution in [1.29, 1.82) is 0 Å². The Morgan fingerprint density at radius 1 is 1.12 bits per heavy atom. The van der Waals surface area contributed by atoms with Gasteiger partial charge in [-0.25, -0.2) is 9.37 Å². The van der Waals surface area contributed by atoms with E-state index in [-0.39, 0.29) is 11.7 Å². The van der Waals surface area contributed by atoms with Gasteiger partial charge in [0.25, 0.3) is 0 Å². The fourth-order valence-electron chi connectivity index (χ4n) is 4.53. The minimum atomic E-state index is -0.232. The highest BCUT2D eigenvalue weighted by Gasteiger charge is 2.23. The van der Waals surface area contributed by atoms with Crippen molar-refractivity contribution in [1.82, 2.24) is 24.6 Å². The number of nitrogens with zero attached hydrogens (tertiary/aromatic N) is 4. The van der Waals surface area contributed by atoms with Crippen LogP contribution >= 0.6 is 0 Å². The summed E-state index contributed by atoms with van der Waals surface area (Å²) in [5.74, 6) is 0.410. The minimum absolute atomic E-state index is 0.120. The summed E-state index contributed by atoms with van der Waals surface area (Å²) in [5.41, 5.74) is 4.60. The van der Waals surface area contributed by atoms with Gasteiger partial charge in [0, 0.05) is 44.0 Å². The van der Waals surface area contributed by atoms with E-state index in [0.717, 1.165) is 54.8 Å².